The second-order valence-corrected chi connectivity index (χ2v) is 8.98. The number of para-hydroxylation sites is 1. The van der Waals surface area contributed by atoms with Crippen LogP contribution in [-0.4, -0.2) is 71.1 Å². The third kappa shape index (κ3) is 3.62. The Balaban J connectivity index is 1.38. The topological polar surface area (TPSA) is 69.2 Å². The van der Waals surface area contributed by atoms with E-state index in [0.29, 0.717) is 17.1 Å². The summed E-state index contributed by atoms with van der Waals surface area (Å²) in [5, 5.41) is 8.21. The van der Waals surface area contributed by atoms with Crippen molar-refractivity contribution in [3.63, 3.8) is 0 Å². The minimum absolute atomic E-state index is 0.0145. The molecule has 0 fully saturated rings. The van der Waals surface area contributed by atoms with E-state index in [0.717, 1.165) is 0 Å². The molecule has 0 atom stereocenters. The van der Waals surface area contributed by atoms with Crippen LogP contribution in [0.3, 0.4) is 0 Å². The van der Waals surface area contributed by atoms with Gasteiger partial charge in [-0.2, -0.15) is 9.37 Å². The number of ether oxygens (including phenoxy) is 1. The third-order valence-corrected chi connectivity index (χ3v) is 6.14. The lowest BCUT2D eigenvalue weighted by Crippen LogP contribution is -2.57. The van der Waals surface area contributed by atoms with Crippen molar-refractivity contribution >= 4 is 23.1 Å². The maximum Gasteiger partial charge on any atom is 0.582 e. The summed E-state index contributed by atoms with van der Waals surface area (Å²) in [5.41, 5.74) is 6.12. The van der Waals surface area contributed by atoms with Crippen LogP contribution >= 0.6 is 0 Å². The van der Waals surface area contributed by atoms with E-state index in [9.17, 15) is 4.79 Å². The summed E-state index contributed by atoms with van der Waals surface area (Å²) in [6, 6.07) is 24.4. The largest absolute Gasteiger partial charge is 0.582 e. The number of hydrogen-bond acceptors (Lipinski definition) is 5. The van der Waals surface area contributed by atoms with Crippen LogP contribution in [0, 0.1) is 0 Å². The van der Waals surface area contributed by atoms with Gasteiger partial charge in [-0.1, -0.05) is 65.5 Å². The van der Waals surface area contributed by atoms with Gasteiger partial charge in [0.25, 0.3) is 0 Å². The minimum atomic E-state index is -0.435. The molecule has 0 bridgehead atoms. The van der Waals surface area contributed by atoms with Gasteiger partial charge in [0, 0.05) is 5.92 Å². The van der Waals surface area contributed by atoms with Crippen molar-refractivity contribution in [3.8, 4) is 11.1 Å². The zero-order valence-corrected chi connectivity index (χ0v) is 19.7. The fourth-order valence-corrected chi connectivity index (χ4v) is 4.51. The Hall–Kier alpha value is -4.04. The van der Waals surface area contributed by atoms with Gasteiger partial charge in [-0.15, -0.1) is 9.58 Å². The third-order valence-electron chi connectivity index (χ3n) is 6.14. The number of carbonyl (C=O) groups excluding carboxylic acids is 1. The van der Waals surface area contributed by atoms with Crippen molar-refractivity contribution in [2.75, 3.05) is 34.8 Å². The molecule has 8 nitrogen and oxygen atoms in total. The van der Waals surface area contributed by atoms with Crippen molar-refractivity contribution in [2.45, 2.75) is 5.92 Å². The van der Waals surface area contributed by atoms with Gasteiger partial charge in [0.2, 0.25) is 0 Å². The SMILES string of the molecule is C[N+](C)=C(On1nnc2ccccc21)[N+](C)(C)C(=O)OCC1c2ccccc2-c2ccccc21. The van der Waals surface area contributed by atoms with Gasteiger partial charge in [-0.3, -0.25) is 0 Å². The van der Waals surface area contributed by atoms with Crippen molar-refractivity contribution in [1.82, 2.24) is 15.2 Å². The Bertz CT molecular complexity index is 1370. The lowest BCUT2D eigenvalue weighted by atomic mass is 9.98. The Morgan fingerprint density at radius 3 is 2.18 bits per heavy atom. The summed E-state index contributed by atoms with van der Waals surface area (Å²) in [7, 11) is 7.08. The summed E-state index contributed by atoms with van der Waals surface area (Å²) in [5.74, 6) is -0.0145. The highest BCUT2D eigenvalue weighted by Crippen LogP contribution is 2.44. The number of fused-ring (bicyclic) bond motifs is 4. The van der Waals surface area contributed by atoms with Gasteiger partial charge in [0.05, 0.1) is 14.1 Å². The lowest BCUT2D eigenvalue weighted by molar-refractivity contribution is -0.767. The highest BCUT2D eigenvalue weighted by atomic mass is 16.7. The molecule has 1 aliphatic carbocycles. The number of carbonyl (C=O) groups is 1. The van der Waals surface area contributed by atoms with Crippen LogP contribution in [0.15, 0.2) is 72.8 Å². The molecule has 0 radical (unpaired) electrons. The second-order valence-electron chi connectivity index (χ2n) is 8.98. The normalized spacial score (nSPS) is 12.8. The number of rotatable bonds is 3. The molecule has 0 unspecified atom stereocenters. The quantitative estimate of drug-likeness (QED) is 0.204. The Morgan fingerprint density at radius 1 is 0.941 bits per heavy atom. The summed E-state index contributed by atoms with van der Waals surface area (Å²) in [6.45, 7) is 0.238. The first-order chi connectivity index (χ1) is 16.4. The number of aromatic nitrogens is 3. The maximum atomic E-state index is 13.4. The minimum Gasteiger partial charge on any atom is -0.419 e. The van der Waals surface area contributed by atoms with Gasteiger partial charge >= 0.3 is 12.1 Å². The van der Waals surface area contributed by atoms with Gasteiger partial charge in [-0.05, 0) is 39.6 Å². The van der Waals surface area contributed by atoms with Crippen molar-refractivity contribution in [1.29, 1.82) is 0 Å². The number of benzene rings is 3. The van der Waals surface area contributed by atoms with E-state index in [1.807, 2.05) is 62.6 Å². The predicted molar refractivity (Wildman–Crippen MR) is 128 cm³/mol. The molecule has 0 saturated carbocycles. The van der Waals surface area contributed by atoms with E-state index < -0.39 is 6.09 Å². The lowest BCUT2D eigenvalue weighted by Gasteiger charge is -2.22. The summed E-state index contributed by atoms with van der Waals surface area (Å²) >= 11 is 0. The molecule has 1 aliphatic rings. The molecule has 172 valence electrons. The van der Waals surface area contributed by atoms with Gasteiger partial charge in [-0.25, -0.2) is 4.84 Å². The second kappa shape index (κ2) is 8.39. The molecule has 1 heterocycles. The van der Waals surface area contributed by atoms with Crippen molar-refractivity contribution in [2.24, 2.45) is 0 Å². The number of hydrogen-bond donors (Lipinski definition) is 0. The van der Waals surface area contributed by atoms with Gasteiger partial charge in [0.15, 0.2) is 0 Å². The standard InChI is InChI=1S/C26H27N5O3/c1-29(2)25(34-30-24-16-10-9-15-23(24)27-28-30)31(3,4)26(32)33-17-22-20-13-7-5-11-18(20)19-12-6-8-14-21(19)22/h5-16,22H,17H2,1-4H3/q+2. The van der Waals surface area contributed by atoms with E-state index in [1.165, 1.54) is 27.1 Å². The fraction of sp³-hybridized carbons (Fsp3) is 0.231. The molecule has 0 saturated heterocycles. The smallest absolute Gasteiger partial charge is 0.419 e. The van der Waals surface area contributed by atoms with Crippen LogP contribution in [-0.2, 0) is 4.74 Å². The first-order valence-corrected chi connectivity index (χ1v) is 11.1. The molecule has 34 heavy (non-hydrogen) atoms. The Labute approximate surface area is 197 Å². The molecule has 5 rings (SSSR count). The maximum absolute atomic E-state index is 13.4. The predicted octanol–water partition coefficient (Wildman–Crippen LogP) is 3.51. The highest BCUT2D eigenvalue weighted by molar-refractivity contribution is 5.80. The number of amidine groups is 1. The van der Waals surface area contributed by atoms with Crippen LogP contribution < -0.4 is 4.84 Å². The molecule has 0 spiro atoms. The molecule has 8 heteroatoms. The molecule has 4 aromatic rings. The fourth-order valence-electron chi connectivity index (χ4n) is 4.51. The summed E-state index contributed by atoms with van der Waals surface area (Å²) < 4.78 is 7.37. The Morgan fingerprint density at radius 2 is 1.53 bits per heavy atom. The zero-order chi connectivity index (χ0) is 23.9. The van der Waals surface area contributed by atoms with Crippen LogP contribution in [0.1, 0.15) is 17.0 Å². The summed E-state index contributed by atoms with van der Waals surface area (Å²) in [4.78, 5) is 20.7. The molecular formula is C26H27N5O3+2. The van der Waals surface area contributed by atoms with E-state index in [1.54, 1.807) is 18.7 Å². The van der Waals surface area contributed by atoms with Crippen LogP contribution in [0.2, 0.25) is 0 Å². The number of nitrogens with zero attached hydrogens (tertiary/aromatic N) is 5. The van der Waals surface area contributed by atoms with E-state index >= 15 is 0 Å². The average Bonchev–Trinajstić information content (AvgIpc) is 3.39. The van der Waals surface area contributed by atoms with Gasteiger partial charge < -0.3 is 4.74 Å². The molecule has 1 aromatic heterocycles. The van der Waals surface area contributed by atoms with Crippen LogP contribution in [0.5, 0.6) is 0 Å². The van der Waals surface area contributed by atoms with Crippen LogP contribution in [0.4, 0.5) is 4.79 Å². The first kappa shape index (κ1) is 21.8. The van der Waals surface area contributed by atoms with Crippen molar-refractivity contribution in [3.05, 3.63) is 83.9 Å². The monoisotopic (exact) mass is 457 g/mol. The van der Waals surface area contributed by atoms with E-state index in [4.69, 9.17) is 9.57 Å². The molecule has 0 aliphatic heterocycles. The Kier molecular flexibility index (Phi) is 5.37. The molecule has 0 N–H and O–H groups in total. The van der Waals surface area contributed by atoms with Crippen molar-refractivity contribution < 1.29 is 23.4 Å². The summed E-state index contributed by atoms with van der Waals surface area (Å²) in [6.07, 6.45) is -0.435. The van der Waals surface area contributed by atoms with E-state index in [2.05, 4.69) is 34.6 Å². The molecule has 3 aromatic carbocycles. The average molecular weight is 458 g/mol. The first-order valence-electron chi connectivity index (χ1n) is 11.1. The van der Waals surface area contributed by atoms with E-state index in [-0.39, 0.29) is 17.0 Å². The van der Waals surface area contributed by atoms with Gasteiger partial charge in [0.1, 0.15) is 31.7 Å². The zero-order valence-electron chi connectivity index (χ0n) is 19.7. The highest BCUT2D eigenvalue weighted by Gasteiger charge is 2.46. The van der Waals surface area contributed by atoms with Crippen LogP contribution in [0.25, 0.3) is 22.2 Å². The number of amides is 1. The number of quaternary nitrogens is 1. The molecule has 1 amide bonds. The molecular weight excluding hydrogens is 430 g/mol.